The lowest BCUT2D eigenvalue weighted by molar-refractivity contribution is -0.114. The lowest BCUT2D eigenvalue weighted by Crippen LogP contribution is -2.36. The van der Waals surface area contributed by atoms with Crippen molar-refractivity contribution in [3.8, 4) is 11.4 Å². The molecule has 0 radical (unpaired) electrons. The number of carbonyl (C=O) groups excluding carboxylic acids is 1. The average Bonchev–Trinajstić information content (AvgIpc) is 3.35. The average molecular weight is 476 g/mol. The van der Waals surface area contributed by atoms with Crippen molar-refractivity contribution in [3.63, 3.8) is 0 Å². The minimum Gasteiger partial charge on any atom is -0.337 e. The number of hydrogen-bond donors (Lipinski definition) is 2. The van der Waals surface area contributed by atoms with Crippen LogP contribution in [-0.4, -0.2) is 49.0 Å². The van der Waals surface area contributed by atoms with Gasteiger partial charge in [-0.1, -0.05) is 16.8 Å². The summed E-state index contributed by atoms with van der Waals surface area (Å²) in [5.74, 6) is 0.658. The molecule has 1 amide bonds. The van der Waals surface area contributed by atoms with E-state index in [-0.39, 0.29) is 22.9 Å². The molecular weight excluding hydrogens is 454 g/mol. The first-order chi connectivity index (χ1) is 15.2. The molecule has 0 aliphatic carbocycles. The van der Waals surface area contributed by atoms with Crippen molar-refractivity contribution in [2.75, 3.05) is 18.9 Å². The van der Waals surface area contributed by atoms with Gasteiger partial charge in [0.15, 0.2) is 0 Å². The fourth-order valence-electron chi connectivity index (χ4n) is 3.67. The number of halogens is 1. The van der Waals surface area contributed by atoms with Gasteiger partial charge in [-0.25, -0.2) is 13.1 Å². The van der Waals surface area contributed by atoms with Crippen LogP contribution < -0.4 is 10.0 Å². The predicted molar refractivity (Wildman–Crippen MR) is 120 cm³/mol. The van der Waals surface area contributed by atoms with Crippen molar-refractivity contribution in [1.29, 1.82) is 0 Å². The molecule has 2 heterocycles. The van der Waals surface area contributed by atoms with Crippen LogP contribution in [0.15, 0.2) is 57.9 Å². The molecule has 0 saturated carbocycles. The molecule has 1 aliphatic rings. The molecule has 168 valence electrons. The van der Waals surface area contributed by atoms with Crippen molar-refractivity contribution in [1.82, 2.24) is 19.8 Å². The largest absolute Gasteiger partial charge is 0.337 e. The van der Waals surface area contributed by atoms with Crippen molar-refractivity contribution in [3.05, 3.63) is 59.4 Å². The number of likely N-dealkylation sites (tertiary alicyclic amines) is 1. The van der Waals surface area contributed by atoms with Crippen LogP contribution in [0, 0.1) is 0 Å². The summed E-state index contributed by atoms with van der Waals surface area (Å²) in [5, 5.41) is 7.28. The van der Waals surface area contributed by atoms with Crippen LogP contribution in [-0.2, 0) is 14.8 Å². The zero-order chi connectivity index (χ0) is 22.9. The van der Waals surface area contributed by atoms with E-state index in [0.29, 0.717) is 35.4 Å². The lowest BCUT2D eigenvalue weighted by Gasteiger charge is -2.14. The van der Waals surface area contributed by atoms with E-state index in [1.807, 2.05) is 24.1 Å². The molecule has 11 heteroatoms. The Labute approximate surface area is 190 Å². The summed E-state index contributed by atoms with van der Waals surface area (Å²) in [6.07, 6.45) is 0.488. The summed E-state index contributed by atoms with van der Waals surface area (Å²) in [5.41, 5.74) is 1.31. The molecule has 1 fully saturated rings. The lowest BCUT2D eigenvalue weighted by atomic mass is 10.2. The van der Waals surface area contributed by atoms with Gasteiger partial charge in [-0.15, -0.1) is 0 Å². The maximum Gasteiger partial charge on any atom is 0.244 e. The number of anilines is 1. The monoisotopic (exact) mass is 475 g/mol. The number of hydrogen-bond acceptors (Lipinski definition) is 7. The molecule has 3 aromatic rings. The Morgan fingerprint density at radius 1 is 1.16 bits per heavy atom. The van der Waals surface area contributed by atoms with E-state index in [4.69, 9.17) is 16.1 Å². The third kappa shape index (κ3) is 4.99. The van der Waals surface area contributed by atoms with Gasteiger partial charge in [0.1, 0.15) is 0 Å². The second-order valence-electron chi connectivity index (χ2n) is 7.68. The second kappa shape index (κ2) is 8.99. The molecule has 32 heavy (non-hydrogen) atoms. The molecule has 1 saturated heterocycles. The van der Waals surface area contributed by atoms with Gasteiger partial charge in [0.2, 0.25) is 27.6 Å². The van der Waals surface area contributed by atoms with E-state index in [9.17, 15) is 13.2 Å². The molecule has 0 bridgehead atoms. The highest BCUT2D eigenvalue weighted by molar-refractivity contribution is 7.89. The summed E-state index contributed by atoms with van der Waals surface area (Å²) < 4.78 is 33.8. The highest BCUT2D eigenvalue weighted by Crippen LogP contribution is 2.32. The van der Waals surface area contributed by atoms with Crippen molar-refractivity contribution < 1.29 is 17.7 Å². The van der Waals surface area contributed by atoms with E-state index in [0.717, 1.165) is 5.56 Å². The minimum absolute atomic E-state index is 0.125. The van der Waals surface area contributed by atoms with Gasteiger partial charge in [-0.3, -0.25) is 9.69 Å². The highest BCUT2D eigenvalue weighted by atomic mass is 35.5. The summed E-state index contributed by atoms with van der Waals surface area (Å²) in [7, 11) is -1.85. The molecule has 2 unspecified atom stereocenters. The SMILES string of the molecule is CC(=O)Nc1ccc(S(=O)(=O)NC2CC(c3nc(-c4ccc(Cl)cc4)no3)N(C)C2)cc1. The molecule has 2 aromatic carbocycles. The third-order valence-electron chi connectivity index (χ3n) is 5.18. The molecule has 1 aromatic heterocycles. The van der Waals surface area contributed by atoms with Gasteiger partial charge in [-0.05, 0) is 62.0 Å². The smallest absolute Gasteiger partial charge is 0.244 e. The van der Waals surface area contributed by atoms with Gasteiger partial charge in [0.25, 0.3) is 0 Å². The Morgan fingerprint density at radius 2 is 1.84 bits per heavy atom. The molecule has 1 aliphatic heterocycles. The van der Waals surface area contributed by atoms with Gasteiger partial charge >= 0.3 is 0 Å². The Kier molecular flexibility index (Phi) is 6.29. The van der Waals surface area contributed by atoms with Crippen molar-refractivity contribution in [2.24, 2.45) is 0 Å². The van der Waals surface area contributed by atoms with Crippen LogP contribution >= 0.6 is 11.6 Å². The van der Waals surface area contributed by atoms with Crippen LogP contribution in [0.5, 0.6) is 0 Å². The highest BCUT2D eigenvalue weighted by Gasteiger charge is 2.36. The Balaban J connectivity index is 1.44. The van der Waals surface area contributed by atoms with Crippen LogP contribution in [0.1, 0.15) is 25.3 Å². The first-order valence-electron chi connectivity index (χ1n) is 9.91. The summed E-state index contributed by atoms with van der Waals surface area (Å²) in [4.78, 5) is 17.7. The van der Waals surface area contributed by atoms with Gasteiger partial charge in [0.05, 0.1) is 10.9 Å². The van der Waals surface area contributed by atoms with E-state index < -0.39 is 10.0 Å². The number of nitrogens with one attached hydrogen (secondary N) is 2. The van der Waals surface area contributed by atoms with E-state index in [1.54, 1.807) is 24.3 Å². The fourth-order valence-corrected chi connectivity index (χ4v) is 5.03. The number of nitrogens with zero attached hydrogens (tertiary/aromatic N) is 3. The number of likely N-dealkylation sites (N-methyl/N-ethyl adjacent to an activating group) is 1. The molecule has 4 rings (SSSR count). The summed E-state index contributed by atoms with van der Waals surface area (Å²) in [6, 6.07) is 12.6. The molecular formula is C21H22ClN5O4S. The summed E-state index contributed by atoms with van der Waals surface area (Å²) >= 11 is 5.92. The van der Waals surface area contributed by atoms with Crippen LogP contribution in [0.4, 0.5) is 5.69 Å². The minimum atomic E-state index is -3.73. The topological polar surface area (TPSA) is 117 Å². The van der Waals surface area contributed by atoms with Crippen molar-refractivity contribution in [2.45, 2.75) is 30.3 Å². The Hall–Kier alpha value is -2.79. The zero-order valence-electron chi connectivity index (χ0n) is 17.4. The van der Waals surface area contributed by atoms with E-state index in [1.165, 1.54) is 19.1 Å². The summed E-state index contributed by atoms with van der Waals surface area (Å²) in [6.45, 7) is 1.88. The molecule has 2 N–H and O–H groups in total. The van der Waals surface area contributed by atoms with Gasteiger partial charge in [-0.2, -0.15) is 4.98 Å². The number of rotatable bonds is 6. The second-order valence-corrected chi connectivity index (χ2v) is 9.83. The molecule has 0 spiro atoms. The van der Waals surface area contributed by atoms with Crippen LogP contribution in [0.25, 0.3) is 11.4 Å². The first-order valence-corrected chi connectivity index (χ1v) is 11.8. The quantitative estimate of drug-likeness (QED) is 0.562. The Morgan fingerprint density at radius 3 is 2.50 bits per heavy atom. The molecule has 9 nitrogen and oxygen atoms in total. The number of benzene rings is 2. The van der Waals surface area contributed by atoms with E-state index in [2.05, 4.69) is 20.2 Å². The fraction of sp³-hybridized carbons (Fsp3) is 0.286. The van der Waals surface area contributed by atoms with Crippen molar-refractivity contribution >= 4 is 33.2 Å². The normalized spacial score (nSPS) is 19.2. The number of sulfonamides is 1. The van der Waals surface area contributed by atoms with Crippen LogP contribution in [0.2, 0.25) is 5.02 Å². The van der Waals surface area contributed by atoms with Gasteiger partial charge < -0.3 is 9.84 Å². The maximum absolute atomic E-state index is 12.8. The van der Waals surface area contributed by atoms with Crippen LogP contribution in [0.3, 0.4) is 0 Å². The Bertz CT molecular complexity index is 1210. The molecule has 2 atom stereocenters. The number of aromatic nitrogens is 2. The predicted octanol–water partition coefficient (Wildman–Crippen LogP) is 3.07. The maximum atomic E-state index is 12.8. The standard InChI is InChI=1S/C21H22ClN5O4S/c1-13(28)23-16-7-9-18(10-8-16)32(29,30)26-17-11-19(27(2)12-17)21-24-20(25-31-21)14-3-5-15(22)6-4-14/h3-10,17,19,26H,11-12H2,1-2H3,(H,23,28). The zero-order valence-corrected chi connectivity index (χ0v) is 19.0. The third-order valence-corrected chi connectivity index (χ3v) is 6.97. The number of amides is 1. The first kappa shape index (κ1) is 22.4. The number of carbonyl (C=O) groups is 1. The van der Waals surface area contributed by atoms with E-state index >= 15 is 0 Å². The van der Waals surface area contributed by atoms with Gasteiger partial charge in [0, 0.05) is 35.8 Å².